The van der Waals surface area contributed by atoms with Gasteiger partial charge in [-0.2, -0.15) is 0 Å². The first-order valence-electron chi connectivity index (χ1n) is 10.0. The highest BCUT2D eigenvalue weighted by molar-refractivity contribution is 4.65. The highest BCUT2D eigenvalue weighted by Crippen LogP contribution is 2.13. The molecule has 0 bridgehead atoms. The number of rotatable bonds is 17. The molecule has 22 heavy (non-hydrogen) atoms. The molecule has 0 aliphatic rings. The maximum Gasteiger partial charge on any atom is -0.0353 e. The van der Waals surface area contributed by atoms with Crippen molar-refractivity contribution in [1.82, 2.24) is 0 Å². The Hall–Kier alpha value is -0.520. The Bertz CT molecular complexity index is 182. The SMILES string of the molecule is C=C.C=CCCCCCCCCCCCCCCCCCC. The summed E-state index contributed by atoms with van der Waals surface area (Å²) in [6.07, 6.45) is 26.4. The van der Waals surface area contributed by atoms with Gasteiger partial charge in [0.1, 0.15) is 0 Å². The van der Waals surface area contributed by atoms with Gasteiger partial charge in [-0.25, -0.2) is 0 Å². The van der Waals surface area contributed by atoms with Crippen molar-refractivity contribution in [3.05, 3.63) is 25.8 Å². The third-order valence-corrected chi connectivity index (χ3v) is 4.26. The van der Waals surface area contributed by atoms with Crippen LogP contribution in [0.3, 0.4) is 0 Å². The predicted molar refractivity (Wildman–Crippen MR) is 106 cm³/mol. The average Bonchev–Trinajstić information content (AvgIpc) is 2.56. The van der Waals surface area contributed by atoms with Crippen LogP contribution in [-0.2, 0) is 0 Å². The molecule has 0 radical (unpaired) electrons. The molecule has 0 aromatic rings. The molecular weight excluding hydrogens is 264 g/mol. The highest BCUT2D eigenvalue weighted by atomic mass is 14.0. The van der Waals surface area contributed by atoms with E-state index in [0.717, 1.165) is 0 Å². The Morgan fingerprint density at radius 2 is 0.773 bits per heavy atom. The molecule has 0 heterocycles. The first-order chi connectivity index (χ1) is 10.9. The fraction of sp³-hybridized carbons (Fsp3) is 0.818. The zero-order chi connectivity index (χ0) is 16.7. The third kappa shape index (κ3) is 24.5. The van der Waals surface area contributed by atoms with Crippen LogP contribution in [0, 0.1) is 0 Å². The van der Waals surface area contributed by atoms with E-state index in [9.17, 15) is 0 Å². The second kappa shape index (κ2) is 25.4. The van der Waals surface area contributed by atoms with Gasteiger partial charge in [0.25, 0.3) is 0 Å². The van der Waals surface area contributed by atoms with E-state index < -0.39 is 0 Å². The van der Waals surface area contributed by atoms with E-state index in [1.165, 1.54) is 109 Å². The second-order valence-electron chi connectivity index (χ2n) is 6.38. The van der Waals surface area contributed by atoms with Gasteiger partial charge in [0, 0.05) is 0 Å². The molecule has 0 amide bonds. The summed E-state index contributed by atoms with van der Waals surface area (Å²) in [5, 5.41) is 0. The first kappa shape index (κ1) is 23.7. The van der Waals surface area contributed by atoms with E-state index in [1.54, 1.807) is 0 Å². The Kier molecular flexibility index (Phi) is 27.4. The lowest BCUT2D eigenvalue weighted by atomic mass is 10.0. The van der Waals surface area contributed by atoms with Crippen molar-refractivity contribution >= 4 is 0 Å². The molecule has 0 aliphatic carbocycles. The highest BCUT2D eigenvalue weighted by Gasteiger charge is 1.94. The van der Waals surface area contributed by atoms with Crippen LogP contribution in [0.1, 0.15) is 116 Å². The smallest absolute Gasteiger partial charge is 0.0353 e. The summed E-state index contributed by atoms with van der Waals surface area (Å²) < 4.78 is 0. The van der Waals surface area contributed by atoms with Gasteiger partial charge in [-0.1, -0.05) is 109 Å². The van der Waals surface area contributed by atoms with E-state index in [-0.39, 0.29) is 0 Å². The fourth-order valence-electron chi connectivity index (χ4n) is 2.84. The van der Waals surface area contributed by atoms with Crippen LogP contribution in [-0.4, -0.2) is 0 Å². The van der Waals surface area contributed by atoms with Gasteiger partial charge in [0.15, 0.2) is 0 Å². The van der Waals surface area contributed by atoms with Crippen molar-refractivity contribution in [2.75, 3.05) is 0 Å². The minimum atomic E-state index is 1.21. The van der Waals surface area contributed by atoms with E-state index in [0.29, 0.717) is 0 Å². The van der Waals surface area contributed by atoms with Gasteiger partial charge in [-0.3, -0.25) is 0 Å². The molecule has 0 saturated heterocycles. The van der Waals surface area contributed by atoms with Gasteiger partial charge < -0.3 is 0 Å². The topological polar surface area (TPSA) is 0 Å². The molecule has 0 fully saturated rings. The Morgan fingerprint density at radius 3 is 1.05 bits per heavy atom. The van der Waals surface area contributed by atoms with Crippen molar-refractivity contribution in [3.8, 4) is 0 Å². The summed E-state index contributed by atoms with van der Waals surface area (Å²) in [5.74, 6) is 0. The molecule has 0 unspecified atom stereocenters. The van der Waals surface area contributed by atoms with E-state index in [4.69, 9.17) is 0 Å². The van der Waals surface area contributed by atoms with E-state index in [1.807, 2.05) is 6.08 Å². The van der Waals surface area contributed by atoms with Crippen LogP contribution >= 0.6 is 0 Å². The maximum atomic E-state index is 3.77. The number of unbranched alkanes of at least 4 members (excludes halogenated alkanes) is 16. The Balaban J connectivity index is 0. The maximum absolute atomic E-state index is 3.77. The van der Waals surface area contributed by atoms with Gasteiger partial charge in [-0.05, 0) is 12.8 Å². The summed E-state index contributed by atoms with van der Waals surface area (Å²) >= 11 is 0. The molecule has 0 N–H and O–H groups in total. The monoisotopic (exact) mass is 308 g/mol. The van der Waals surface area contributed by atoms with Crippen molar-refractivity contribution in [2.45, 2.75) is 116 Å². The Morgan fingerprint density at radius 1 is 0.500 bits per heavy atom. The lowest BCUT2D eigenvalue weighted by Crippen LogP contribution is -1.83. The van der Waals surface area contributed by atoms with Gasteiger partial charge in [-0.15, -0.1) is 19.7 Å². The summed E-state index contributed by atoms with van der Waals surface area (Å²) in [6, 6.07) is 0. The second-order valence-corrected chi connectivity index (χ2v) is 6.38. The number of hydrogen-bond acceptors (Lipinski definition) is 0. The molecule has 0 saturated carbocycles. The van der Waals surface area contributed by atoms with Crippen LogP contribution in [0.2, 0.25) is 0 Å². The average molecular weight is 309 g/mol. The summed E-state index contributed by atoms with van der Waals surface area (Å²) in [5.41, 5.74) is 0. The van der Waals surface area contributed by atoms with Gasteiger partial charge in [0.2, 0.25) is 0 Å². The lowest BCUT2D eigenvalue weighted by Gasteiger charge is -2.03. The minimum Gasteiger partial charge on any atom is -0.106 e. The van der Waals surface area contributed by atoms with E-state index in [2.05, 4.69) is 26.7 Å². The quantitative estimate of drug-likeness (QED) is 0.186. The van der Waals surface area contributed by atoms with Gasteiger partial charge in [0.05, 0.1) is 0 Å². The molecular formula is C22H44. The third-order valence-electron chi connectivity index (χ3n) is 4.26. The normalized spacial score (nSPS) is 10.0. The molecule has 0 aliphatic heterocycles. The van der Waals surface area contributed by atoms with Crippen molar-refractivity contribution in [1.29, 1.82) is 0 Å². The number of hydrogen-bond donors (Lipinski definition) is 0. The lowest BCUT2D eigenvalue weighted by molar-refractivity contribution is 0.530. The molecule has 0 heteroatoms. The van der Waals surface area contributed by atoms with Crippen LogP contribution in [0.4, 0.5) is 0 Å². The first-order valence-corrected chi connectivity index (χ1v) is 10.0. The molecule has 0 spiro atoms. The van der Waals surface area contributed by atoms with Crippen LogP contribution < -0.4 is 0 Å². The molecule has 0 aromatic carbocycles. The summed E-state index contributed by atoms with van der Waals surface area (Å²) in [4.78, 5) is 0. The fourth-order valence-corrected chi connectivity index (χ4v) is 2.84. The molecule has 0 rings (SSSR count). The zero-order valence-corrected chi connectivity index (χ0v) is 15.7. The predicted octanol–water partition coefficient (Wildman–Crippen LogP) is 8.63. The van der Waals surface area contributed by atoms with Crippen molar-refractivity contribution in [2.24, 2.45) is 0 Å². The molecule has 0 nitrogen and oxygen atoms in total. The van der Waals surface area contributed by atoms with Crippen LogP contribution in [0.5, 0.6) is 0 Å². The largest absolute Gasteiger partial charge is 0.106 e. The van der Waals surface area contributed by atoms with E-state index >= 15 is 0 Å². The minimum absolute atomic E-state index is 1.21. The van der Waals surface area contributed by atoms with Crippen LogP contribution in [0.25, 0.3) is 0 Å². The van der Waals surface area contributed by atoms with Crippen LogP contribution in [0.15, 0.2) is 25.8 Å². The summed E-state index contributed by atoms with van der Waals surface area (Å²) in [6.45, 7) is 12.1. The van der Waals surface area contributed by atoms with Crippen molar-refractivity contribution in [3.63, 3.8) is 0 Å². The standard InChI is InChI=1S/C20H40.C2H4/c1-3-5-7-9-11-13-15-17-19-20-18-16-14-12-10-8-6-4-2;1-2/h3H,1,4-20H2,2H3;1-2H2. The summed E-state index contributed by atoms with van der Waals surface area (Å²) in [7, 11) is 0. The van der Waals surface area contributed by atoms with Crippen molar-refractivity contribution < 1.29 is 0 Å². The molecule has 0 aromatic heterocycles. The zero-order valence-electron chi connectivity index (χ0n) is 15.7. The molecule has 132 valence electrons. The van der Waals surface area contributed by atoms with Gasteiger partial charge >= 0.3 is 0 Å². The number of allylic oxidation sites excluding steroid dienone is 1. The Labute approximate surface area is 142 Å². The molecule has 0 atom stereocenters.